The lowest BCUT2D eigenvalue weighted by molar-refractivity contribution is 0.251. The van der Waals surface area contributed by atoms with E-state index < -0.39 is 0 Å². The molecule has 3 rings (SSSR count). The van der Waals surface area contributed by atoms with E-state index in [0.29, 0.717) is 23.1 Å². The Kier molecular flexibility index (Phi) is 3.75. The normalized spacial score (nSPS) is 10.5. The van der Waals surface area contributed by atoms with Crippen molar-refractivity contribution in [1.82, 2.24) is 15.3 Å². The Morgan fingerprint density at radius 2 is 1.90 bits per heavy atom. The quantitative estimate of drug-likeness (QED) is 0.692. The largest absolute Gasteiger partial charge is 0.340 e. The molecule has 5 nitrogen and oxygen atoms in total. The highest BCUT2D eigenvalue weighted by atomic mass is 35.5. The van der Waals surface area contributed by atoms with Gasteiger partial charge in [0.2, 0.25) is 0 Å². The first kappa shape index (κ1) is 13.5. The van der Waals surface area contributed by atoms with E-state index in [4.69, 9.17) is 11.6 Å². The van der Waals surface area contributed by atoms with Gasteiger partial charge in [0, 0.05) is 10.7 Å². The molecule has 0 fully saturated rings. The van der Waals surface area contributed by atoms with E-state index in [1.165, 1.54) is 0 Å². The molecule has 0 aliphatic rings. The van der Waals surface area contributed by atoms with E-state index in [1.54, 1.807) is 24.3 Å². The summed E-state index contributed by atoms with van der Waals surface area (Å²) in [7, 11) is 0. The predicted molar refractivity (Wildman–Crippen MR) is 83.4 cm³/mol. The van der Waals surface area contributed by atoms with Crippen LogP contribution in [0.1, 0.15) is 5.82 Å². The number of anilines is 1. The van der Waals surface area contributed by atoms with E-state index in [1.807, 2.05) is 24.3 Å². The minimum Gasteiger partial charge on any atom is -0.340 e. The first-order chi connectivity index (χ1) is 10.2. The zero-order valence-electron chi connectivity index (χ0n) is 11.1. The molecule has 21 heavy (non-hydrogen) atoms. The third-order valence-corrected chi connectivity index (χ3v) is 3.21. The lowest BCUT2D eigenvalue weighted by Gasteiger charge is -2.06. The van der Waals surface area contributed by atoms with Crippen LogP contribution in [0.2, 0.25) is 5.02 Å². The SMILES string of the molecule is O=C(NCc1nc2ccccc2[nH]1)Nc1ccc(Cl)cc1. The zero-order chi connectivity index (χ0) is 14.7. The number of amides is 2. The fourth-order valence-corrected chi connectivity index (χ4v) is 2.09. The predicted octanol–water partition coefficient (Wildman–Crippen LogP) is 3.54. The van der Waals surface area contributed by atoms with Gasteiger partial charge in [-0.05, 0) is 36.4 Å². The van der Waals surface area contributed by atoms with E-state index in [9.17, 15) is 4.79 Å². The maximum Gasteiger partial charge on any atom is 0.319 e. The monoisotopic (exact) mass is 300 g/mol. The second kappa shape index (κ2) is 5.85. The number of fused-ring (bicyclic) bond motifs is 1. The molecule has 0 radical (unpaired) electrons. The number of nitrogens with one attached hydrogen (secondary N) is 3. The minimum atomic E-state index is -0.294. The van der Waals surface area contributed by atoms with Crippen molar-refractivity contribution in [2.24, 2.45) is 0 Å². The number of carbonyl (C=O) groups is 1. The molecule has 3 N–H and O–H groups in total. The number of imidazole rings is 1. The van der Waals surface area contributed by atoms with E-state index in [0.717, 1.165) is 11.0 Å². The molecule has 0 unspecified atom stereocenters. The Labute approximate surface area is 126 Å². The molecular formula is C15H13ClN4O. The highest BCUT2D eigenvalue weighted by molar-refractivity contribution is 6.30. The molecule has 0 bridgehead atoms. The van der Waals surface area contributed by atoms with Crippen molar-refractivity contribution in [3.63, 3.8) is 0 Å². The van der Waals surface area contributed by atoms with Crippen molar-refractivity contribution in [2.45, 2.75) is 6.54 Å². The average Bonchev–Trinajstić information content (AvgIpc) is 2.90. The summed E-state index contributed by atoms with van der Waals surface area (Å²) < 4.78 is 0. The number of halogens is 1. The Hall–Kier alpha value is -2.53. The van der Waals surface area contributed by atoms with Crippen LogP contribution >= 0.6 is 11.6 Å². The second-order valence-electron chi connectivity index (χ2n) is 4.52. The molecule has 3 aromatic rings. The van der Waals surface area contributed by atoms with Gasteiger partial charge in [-0.2, -0.15) is 0 Å². The van der Waals surface area contributed by atoms with Crippen LogP contribution < -0.4 is 10.6 Å². The molecule has 1 aromatic heterocycles. The lowest BCUT2D eigenvalue weighted by atomic mass is 10.3. The highest BCUT2D eigenvalue weighted by Crippen LogP contribution is 2.13. The molecule has 0 saturated carbocycles. The van der Waals surface area contributed by atoms with Crippen molar-refractivity contribution >= 4 is 34.4 Å². The van der Waals surface area contributed by atoms with Crippen LogP contribution in [0.4, 0.5) is 10.5 Å². The molecule has 2 aromatic carbocycles. The second-order valence-corrected chi connectivity index (χ2v) is 4.95. The Bertz CT molecular complexity index is 734. The maximum absolute atomic E-state index is 11.8. The number of para-hydroxylation sites is 2. The van der Waals surface area contributed by atoms with Crippen molar-refractivity contribution in [2.75, 3.05) is 5.32 Å². The number of H-pyrrole nitrogens is 1. The first-order valence-corrected chi connectivity index (χ1v) is 6.82. The van der Waals surface area contributed by atoms with Crippen LogP contribution in [0, 0.1) is 0 Å². The van der Waals surface area contributed by atoms with Gasteiger partial charge in [-0.1, -0.05) is 23.7 Å². The number of benzene rings is 2. The average molecular weight is 301 g/mol. The highest BCUT2D eigenvalue weighted by Gasteiger charge is 2.05. The maximum atomic E-state index is 11.8. The van der Waals surface area contributed by atoms with Crippen molar-refractivity contribution in [3.05, 3.63) is 59.4 Å². The molecule has 0 spiro atoms. The Morgan fingerprint density at radius 1 is 1.14 bits per heavy atom. The van der Waals surface area contributed by atoms with Gasteiger partial charge in [-0.25, -0.2) is 9.78 Å². The zero-order valence-corrected chi connectivity index (χ0v) is 11.8. The number of carbonyl (C=O) groups excluding carboxylic acids is 1. The standard InChI is InChI=1S/C15H13ClN4O/c16-10-5-7-11(8-6-10)18-15(21)17-9-14-19-12-3-1-2-4-13(12)20-14/h1-8H,9H2,(H,19,20)(H2,17,18,21). The van der Waals surface area contributed by atoms with Crippen molar-refractivity contribution in [3.8, 4) is 0 Å². The number of aromatic amines is 1. The summed E-state index contributed by atoms with van der Waals surface area (Å²) >= 11 is 5.79. The topological polar surface area (TPSA) is 69.8 Å². The van der Waals surface area contributed by atoms with Gasteiger partial charge >= 0.3 is 6.03 Å². The molecule has 0 aliphatic carbocycles. The van der Waals surface area contributed by atoms with Crippen LogP contribution in [0.15, 0.2) is 48.5 Å². The van der Waals surface area contributed by atoms with E-state index >= 15 is 0 Å². The molecule has 1 heterocycles. The van der Waals surface area contributed by atoms with Gasteiger partial charge in [0.1, 0.15) is 5.82 Å². The Balaban J connectivity index is 1.59. The number of aromatic nitrogens is 2. The fraction of sp³-hybridized carbons (Fsp3) is 0.0667. The summed E-state index contributed by atoms with van der Waals surface area (Å²) in [5, 5.41) is 6.10. The molecule has 0 aliphatic heterocycles. The van der Waals surface area contributed by atoms with Gasteiger partial charge < -0.3 is 15.6 Å². The van der Waals surface area contributed by atoms with Gasteiger partial charge in [0.15, 0.2) is 0 Å². The van der Waals surface area contributed by atoms with Crippen LogP contribution in [0.3, 0.4) is 0 Å². The minimum absolute atomic E-state index is 0.294. The van der Waals surface area contributed by atoms with Gasteiger partial charge in [0.25, 0.3) is 0 Å². The first-order valence-electron chi connectivity index (χ1n) is 6.45. The summed E-state index contributed by atoms with van der Waals surface area (Å²) in [5.74, 6) is 0.711. The summed E-state index contributed by atoms with van der Waals surface area (Å²) in [4.78, 5) is 19.3. The van der Waals surface area contributed by atoms with Crippen LogP contribution in [0.5, 0.6) is 0 Å². The number of urea groups is 1. The molecule has 0 saturated heterocycles. The molecule has 2 amide bonds. The van der Waals surface area contributed by atoms with Gasteiger partial charge in [-0.3, -0.25) is 0 Å². The van der Waals surface area contributed by atoms with Crippen LogP contribution in [0.25, 0.3) is 11.0 Å². The number of nitrogens with zero attached hydrogens (tertiary/aromatic N) is 1. The Morgan fingerprint density at radius 3 is 2.67 bits per heavy atom. The number of hydrogen-bond acceptors (Lipinski definition) is 2. The number of rotatable bonds is 3. The van der Waals surface area contributed by atoms with Gasteiger partial charge in [-0.15, -0.1) is 0 Å². The van der Waals surface area contributed by atoms with E-state index in [-0.39, 0.29) is 6.03 Å². The molecule has 0 atom stereocenters. The smallest absolute Gasteiger partial charge is 0.319 e. The van der Waals surface area contributed by atoms with Crippen molar-refractivity contribution in [1.29, 1.82) is 0 Å². The van der Waals surface area contributed by atoms with Crippen LogP contribution in [-0.2, 0) is 6.54 Å². The molecule has 6 heteroatoms. The summed E-state index contributed by atoms with van der Waals surface area (Å²) in [5.41, 5.74) is 2.52. The summed E-state index contributed by atoms with van der Waals surface area (Å²) in [6.07, 6.45) is 0. The molecular weight excluding hydrogens is 288 g/mol. The summed E-state index contributed by atoms with van der Waals surface area (Å²) in [6, 6.07) is 14.3. The third kappa shape index (κ3) is 3.32. The number of hydrogen-bond donors (Lipinski definition) is 3. The summed E-state index contributed by atoms with van der Waals surface area (Å²) in [6.45, 7) is 0.327. The van der Waals surface area contributed by atoms with Crippen LogP contribution in [-0.4, -0.2) is 16.0 Å². The van der Waals surface area contributed by atoms with Gasteiger partial charge in [0.05, 0.1) is 17.6 Å². The fourth-order valence-electron chi connectivity index (χ4n) is 1.96. The van der Waals surface area contributed by atoms with Crippen molar-refractivity contribution < 1.29 is 4.79 Å². The third-order valence-electron chi connectivity index (χ3n) is 2.96. The lowest BCUT2D eigenvalue weighted by Crippen LogP contribution is -2.28. The molecule has 106 valence electrons. The van der Waals surface area contributed by atoms with E-state index in [2.05, 4.69) is 20.6 Å².